The van der Waals surface area contributed by atoms with Crippen LogP contribution in [0.1, 0.15) is 10.4 Å². The van der Waals surface area contributed by atoms with Crippen LogP contribution in [0.4, 0.5) is 0 Å². The molecule has 0 spiro atoms. The van der Waals surface area contributed by atoms with Gasteiger partial charge in [0.05, 0.1) is 12.7 Å². The van der Waals surface area contributed by atoms with E-state index in [2.05, 4.69) is 12.6 Å². The highest BCUT2D eigenvalue weighted by atomic mass is 32.1. The van der Waals surface area contributed by atoms with Crippen molar-refractivity contribution in [1.82, 2.24) is 9.80 Å². The summed E-state index contributed by atoms with van der Waals surface area (Å²) in [5.41, 5.74) is 0.583. The molecule has 0 aromatic heterocycles. The smallest absolute Gasteiger partial charge is 0.260 e. The lowest BCUT2D eigenvalue weighted by atomic mass is 10.2. The van der Waals surface area contributed by atoms with E-state index in [0.29, 0.717) is 48.1 Å². The van der Waals surface area contributed by atoms with Crippen molar-refractivity contribution in [2.75, 3.05) is 39.9 Å². The Hall–Kier alpha value is -2.67. The topological polar surface area (TPSA) is 59.1 Å². The SMILES string of the molecule is COc1ccccc1OCC(=O)N1CCN(C(=O)c2ccccc2S)CC1. The molecule has 0 saturated carbocycles. The van der Waals surface area contributed by atoms with Crippen molar-refractivity contribution in [1.29, 1.82) is 0 Å². The monoisotopic (exact) mass is 386 g/mol. The van der Waals surface area contributed by atoms with Crippen LogP contribution in [0, 0.1) is 0 Å². The van der Waals surface area contributed by atoms with Crippen molar-refractivity contribution in [3.63, 3.8) is 0 Å². The average Bonchev–Trinajstić information content (AvgIpc) is 2.72. The molecule has 142 valence electrons. The first-order valence-electron chi connectivity index (χ1n) is 8.71. The number of hydrogen-bond acceptors (Lipinski definition) is 5. The minimum atomic E-state index is -0.109. The Balaban J connectivity index is 1.52. The van der Waals surface area contributed by atoms with Crippen LogP contribution >= 0.6 is 12.6 Å². The predicted molar refractivity (Wildman–Crippen MR) is 105 cm³/mol. The number of carbonyl (C=O) groups is 2. The van der Waals surface area contributed by atoms with Crippen molar-refractivity contribution in [3.8, 4) is 11.5 Å². The lowest BCUT2D eigenvalue weighted by Crippen LogP contribution is -2.51. The maximum atomic E-state index is 12.6. The number of ether oxygens (including phenoxy) is 2. The van der Waals surface area contributed by atoms with Crippen molar-refractivity contribution in [3.05, 3.63) is 54.1 Å². The third-order valence-corrected chi connectivity index (χ3v) is 4.86. The van der Waals surface area contributed by atoms with Gasteiger partial charge >= 0.3 is 0 Å². The molecule has 0 radical (unpaired) electrons. The van der Waals surface area contributed by atoms with Gasteiger partial charge in [0.2, 0.25) is 0 Å². The Morgan fingerprint density at radius 2 is 1.52 bits per heavy atom. The molecule has 0 aliphatic carbocycles. The second-order valence-corrected chi connectivity index (χ2v) is 6.61. The molecule has 6 nitrogen and oxygen atoms in total. The molecular weight excluding hydrogens is 364 g/mol. The Kier molecular flexibility index (Phi) is 6.24. The molecule has 2 amide bonds. The first kappa shape index (κ1) is 19.1. The van der Waals surface area contributed by atoms with Crippen LogP contribution in [0.15, 0.2) is 53.4 Å². The quantitative estimate of drug-likeness (QED) is 0.802. The van der Waals surface area contributed by atoms with E-state index in [1.807, 2.05) is 24.3 Å². The molecule has 2 aromatic carbocycles. The number of thiol groups is 1. The highest BCUT2D eigenvalue weighted by Crippen LogP contribution is 2.25. The molecule has 1 saturated heterocycles. The standard InChI is InChI=1S/C20H22N2O4S/c1-25-16-7-3-4-8-17(16)26-14-19(23)21-10-12-22(13-11-21)20(24)15-6-2-5-9-18(15)27/h2-9,27H,10-14H2,1H3. The van der Waals surface area contributed by atoms with Gasteiger partial charge in [-0.1, -0.05) is 24.3 Å². The number of methoxy groups -OCH3 is 1. The van der Waals surface area contributed by atoms with Crippen molar-refractivity contribution in [2.24, 2.45) is 0 Å². The van der Waals surface area contributed by atoms with Crippen LogP contribution < -0.4 is 9.47 Å². The van der Waals surface area contributed by atoms with Gasteiger partial charge in [0.15, 0.2) is 18.1 Å². The van der Waals surface area contributed by atoms with E-state index in [-0.39, 0.29) is 18.4 Å². The van der Waals surface area contributed by atoms with Crippen LogP contribution in [0.3, 0.4) is 0 Å². The van der Waals surface area contributed by atoms with Gasteiger partial charge in [-0.15, -0.1) is 12.6 Å². The molecule has 0 bridgehead atoms. The number of hydrogen-bond donors (Lipinski definition) is 1. The summed E-state index contributed by atoms with van der Waals surface area (Å²) < 4.78 is 10.8. The summed E-state index contributed by atoms with van der Waals surface area (Å²) in [6.45, 7) is 1.87. The van der Waals surface area contributed by atoms with E-state index < -0.39 is 0 Å². The lowest BCUT2D eigenvalue weighted by molar-refractivity contribution is -0.134. The normalized spacial score (nSPS) is 14.0. The van der Waals surface area contributed by atoms with Gasteiger partial charge in [-0.05, 0) is 24.3 Å². The molecule has 3 rings (SSSR count). The van der Waals surface area contributed by atoms with Gasteiger partial charge in [0.1, 0.15) is 0 Å². The number of piperazine rings is 1. The lowest BCUT2D eigenvalue weighted by Gasteiger charge is -2.35. The van der Waals surface area contributed by atoms with Gasteiger partial charge in [0.25, 0.3) is 11.8 Å². The maximum absolute atomic E-state index is 12.6. The third-order valence-electron chi connectivity index (χ3n) is 4.47. The average molecular weight is 386 g/mol. The zero-order chi connectivity index (χ0) is 19.2. The summed E-state index contributed by atoms with van der Waals surface area (Å²) in [5, 5.41) is 0. The predicted octanol–water partition coefficient (Wildman–Crippen LogP) is 2.35. The van der Waals surface area contributed by atoms with E-state index in [0.717, 1.165) is 0 Å². The van der Waals surface area contributed by atoms with E-state index in [1.165, 1.54) is 0 Å². The van der Waals surface area contributed by atoms with Crippen LogP contribution in [0.5, 0.6) is 11.5 Å². The molecule has 27 heavy (non-hydrogen) atoms. The largest absolute Gasteiger partial charge is 0.493 e. The summed E-state index contributed by atoms with van der Waals surface area (Å²) in [6.07, 6.45) is 0. The minimum absolute atomic E-state index is 0.0574. The molecular formula is C20H22N2O4S. The van der Waals surface area contributed by atoms with Gasteiger partial charge in [-0.2, -0.15) is 0 Å². The number of nitrogens with zero attached hydrogens (tertiary/aromatic N) is 2. The van der Waals surface area contributed by atoms with Crippen LogP contribution in [-0.2, 0) is 4.79 Å². The van der Waals surface area contributed by atoms with E-state index in [1.54, 1.807) is 41.2 Å². The number of benzene rings is 2. The maximum Gasteiger partial charge on any atom is 0.260 e. The first-order valence-corrected chi connectivity index (χ1v) is 9.15. The highest BCUT2D eigenvalue weighted by molar-refractivity contribution is 7.80. The van der Waals surface area contributed by atoms with Crippen molar-refractivity contribution >= 4 is 24.4 Å². The fourth-order valence-corrected chi connectivity index (χ4v) is 3.21. The first-order chi connectivity index (χ1) is 13.1. The summed E-state index contributed by atoms with van der Waals surface area (Å²) >= 11 is 4.35. The molecule has 1 aliphatic rings. The summed E-state index contributed by atoms with van der Waals surface area (Å²) in [4.78, 5) is 29.2. The molecule has 1 fully saturated rings. The van der Waals surface area contributed by atoms with Crippen molar-refractivity contribution in [2.45, 2.75) is 4.90 Å². The van der Waals surface area contributed by atoms with Crippen LogP contribution in [0.25, 0.3) is 0 Å². The van der Waals surface area contributed by atoms with E-state index >= 15 is 0 Å². The third kappa shape index (κ3) is 4.54. The highest BCUT2D eigenvalue weighted by Gasteiger charge is 2.25. The summed E-state index contributed by atoms with van der Waals surface area (Å²) in [5.74, 6) is 0.958. The van der Waals surface area contributed by atoms with Crippen LogP contribution in [-0.4, -0.2) is 61.5 Å². The Labute approximate surface area is 164 Å². The molecule has 1 heterocycles. The fourth-order valence-electron chi connectivity index (χ4n) is 2.95. The zero-order valence-corrected chi connectivity index (χ0v) is 16.0. The van der Waals surface area contributed by atoms with E-state index in [4.69, 9.17) is 9.47 Å². The number of amides is 2. The fraction of sp³-hybridized carbons (Fsp3) is 0.300. The summed E-state index contributed by atoms with van der Waals surface area (Å²) in [7, 11) is 1.56. The Morgan fingerprint density at radius 1 is 0.926 bits per heavy atom. The van der Waals surface area contributed by atoms with Gasteiger partial charge in [0, 0.05) is 31.1 Å². The Morgan fingerprint density at radius 3 is 2.19 bits per heavy atom. The zero-order valence-electron chi connectivity index (χ0n) is 15.1. The number of rotatable bonds is 5. The molecule has 1 aliphatic heterocycles. The second kappa shape index (κ2) is 8.81. The number of carbonyl (C=O) groups excluding carboxylic acids is 2. The molecule has 0 atom stereocenters. The van der Waals surface area contributed by atoms with Gasteiger partial charge in [-0.3, -0.25) is 9.59 Å². The Bertz CT molecular complexity index is 819. The van der Waals surface area contributed by atoms with Gasteiger partial charge in [-0.25, -0.2) is 0 Å². The molecule has 0 unspecified atom stereocenters. The van der Waals surface area contributed by atoms with E-state index in [9.17, 15) is 9.59 Å². The molecule has 0 N–H and O–H groups in total. The second-order valence-electron chi connectivity index (χ2n) is 6.13. The summed E-state index contributed by atoms with van der Waals surface area (Å²) in [6, 6.07) is 14.4. The molecule has 7 heteroatoms. The van der Waals surface area contributed by atoms with Crippen LogP contribution in [0.2, 0.25) is 0 Å². The minimum Gasteiger partial charge on any atom is -0.493 e. The molecule has 2 aromatic rings. The number of para-hydroxylation sites is 2. The van der Waals surface area contributed by atoms with Crippen molar-refractivity contribution < 1.29 is 19.1 Å². The van der Waals surface area contributed by atoms with Gasteiger partial charge < -0.3 is 19.3 Å².